The third-order valence-corrected chi connectivity index (χ3v) is 5.67. The van der Waals surface area contributed by atoms with E-state index < -0.39 is 0 Å². The number of para-hydroxylation sites is 1. The van der Waals surface area contributed by atoms with Crippen molar-refractivity contribution in [1.29, 1.82) is 0 Å². The molecule has 0 fully saturated rings. The number of rotatable bonds is 10. The fraction of sp³-hybridized carbons (Fsp3) is 0.360. The minimum Gasteiger partial charge on any atom is -0.339 e. The quantitative estimate of drug-likeness (QED) is 0.343. The van der Waals surface area contributed by atoms with E-state index in [-0.39, 0.29) is 0 Å². The largest absolute Gasteiger partial charge is 0.339 e. The van der Waals surface area contributed by atoms with Crippen molar-refractivity contribution in [1.82, 2.24) is 14.5 Å². The van der Waals surface area contributed by atoms with Gasteiger partial charge in [-0.2, -0.15) is 0 Å². The second-order valence-electron chi connectivity index (χ2n) is 7.70. The van der Waals surface area contributed by atoms with Crippen LogP contribution in [-0.4, -0.2) is 21.1 Å². The van der Waals surface area contributed by atoms with Crippen LogP contribution in [0, 0.1) is 0 Å². The molecule has 3 aromatic heterocycles. The van der Waals surface area contributed by atoms with Crippen LogP contribution in [-0.2, 0) is 6.54 Å². The molecule has 0 atom stereocenters. The minimum absolute atomic E-state index is 0.820. The molecule has 150 valence electrons. The normalized spacial score (nSPS) is 11.5. The first kappa shape index (κ1) is 19.6. The van der Waals surface area contributed by atoms with Gasteiger partial charge in [-0.1, -0.05) is 56.4 Å². The van der Waals surface area contributed by atoms with Gasteiger partial charge < -0.3 is 10.3 Å². The van der Waals surface area contributed by atoms with Crippen molar-refractivity contribution in [2.45, 2.75) is 51.5 Å². The van der Waals surface area contributed by atoms with E-state index in [0.29, 0.717) is 0 Å². The Bertz CT molecular complexity index is 1050. The number of pyridine rings is 2. The van der Waals surface area contributed by atoms with Crippen LogP contribution in [0.15, 0.2) is 60.9 Å². The summed E-state index contributed by atoms with van der Waals surface area (Å²) in [5.74, 6) is 0. The highest BCUT2D eigenvalue weighted by Gasteiger charge is 2.16. The highest BCUT2D eigenvalue weighted by molar-refractivity contribution is 6.11. The number of unbranched alkanes of at least 4 members (excludes halogenated alkanes) is 6. The SMILES string of the molecule is NCCCCCCCCCn1c2ccccc2c2ccnc(-c3ccccn3)c21. The zero-order chi connectivity index (χ0) is 19.9. The van der Waals surface area contributed by atoms with Crippen molar-refractivity contribution in [3.8, 4) is 11.4 Å². The summed E-state index contributed by atoms with van der Waals surface area (Å²) < 4.78 is 2.45. The Morgan fingerprint density at radius 2 is 1.45 bits per heavy atom. The lowest BCUT2D eigenvalue weighted by atomic mass is 10.1. The second kappa shape index (κ2) is 9.66. The van der Waals surface area contributed by atoms with Crippen LogP contribution in [0.25, 0.3) is 33.2 Å². The lowest BCUT2D eigenvalue weighted by Crippen LogP contribution is -2.00. The van der Waals surface area contributed by atoms with Crippen LogP contribution in [0.3, 0.4) is 0 Å². The Kier molecular flexibility index (Phi) is 6.52. The molecule has 0 amide bonds. The van der Waals surface area contributed by atoms with E-state index in [2.05, 4.69) is 39.9 Å². The topological polar surface area (TPSA) is 56.7 Å². The van der Waals surface area contributed by atoms with Crippen molar-refractivity contribution >= 4 is 21.8 Å². The zero-order valence-electron chi connectivity index (χ0n) is 17.1. The van der Waals surface area contributed by atoms with Gasteiger partial charge in [-0.15, -0.1) is 0 Å². The average molecular weight is 387 g/mol. The van der Waals surface area contributed by atoms with Crippen molar-refractivity contribution in [2.24, 2.45) is 5.73 Å². The van der Waals surface area contributed by atoms with Crippen LogP contribution >= 0.6 is 0 Å². The summed E-state index contributed by atoms with van der Waals surface area (Å²) >= 11 is 0. The maximum Gasteiger partial charge on any atom is 0.113 e. The molecule has 0 aliphatic heterocycles. The molecular formula is C25H30N4. The second-order valence-corrected chi connectivity index (χ2v) is 7.70. The maximum absolute atomic E-state index is 5.58. The van der Waals surface area contributed by atoms with Crippen molar-refractivity contribution in [3.63, 3.8) is 0 Å². The molecule has 1 aromatic carbocycles. The standard InChI is InChI=1S/C25H30N4/c26-16-9-4-2-1-3-5-11-19-29-23-14-7-6-12-20(23)21-15-18-28-24(25(21)29)22-13-8-10-17-27-22/h6-8,10,12-15,17-18H,1-5,9,11,16,19,26H2. The third-order valence-electron chi connectivity index (χ3n) is 5.67. The fourth-order valence-corrected chi connectivity index (χ4v) is 4.22. The summed E-state index contributed by atoms with van der Waals surface area (Å²) in [5, 5.41) is 2.56. The Morgan fingerprint density at radius 1 is 0.690 bits per heavy atom. The van der Waals surface area contributed by atoms with E-state index in [9.17, 15) is 0 Å². The molecule has 4 nitrogen and oxygen atoms in total. The Hall–Kier alpha value is -2.72. The number of hydrogen-bond donors (Lipinski definition) is 1. The molecule has 4 rings (SSSR count). The number of nitrogens with two attached hydrogens (primary N) is 1. The van der Waals surface area contributed by atoms with Gasteiger partial charge in [-0.05, 0) is 43.7 Å². The molecule has 0 aliphatic carbocycles. The lowest BCUT2D eigenvalue weighted by molar-refractivity contribution is 0.556. The van der Waals surface area contributed by atoms with Crippen LogP contribution in [0.5, 0.6) is 0 Å². The van der Waals surface area contributed by atoms with Gasteiger partial charge in [0.2, 0.25) is 0 Å². The summed E-state index contributed by atoms with van der Waals surface area (Å²) in [6.07, 6.45) is 12.5. The van der Waals surface area contributed by atoms with Gasteiger partial charge in [0.05, 0.1) is 11.2 Å². The van der Waals surface area contributed by atoms with Crippen molar-refractivity contribution in [2.75, 3.05) is 6.54 Å². The van der Waals surface area contributed by atoms with E-state index in [1.807, 2.05) is 30.6 Å². The molecule has 4 aromatic rings. The monoisotopic (exact) mass is 386 g/mol. The van der Waals surface area contributed by atoms with Crippen LogP contribution < -0.4 is 5.73 Å². The first-order valence-electron chi connectivity index (χ1n) is 10.9. The van der Waals surface area contributed by atoms with Gasteiger partial charge >= 0.3 is 0 Å². The molecule has 0 bridgehead atoms. The van der Waals surface area contributed by atoms with Crippen molar-refractivity contribution in [3.05, 3.63) is 60.9 Å². The van der Waals surface area contributed by atoms with Gasteiger partial charge in [0.1, 0.15) is 5.69 Å². The highest BCUT2D eigenvalue weighted by Crippen LogP contribution is 2.34. The number of benzene rings is 1. The van der Waals surface area contributed by atoms with E-state index in [1.54, 1.807) is 0 Å². The predicted molar refractivity (Wildman–Crippen MR) is 122 cm³/mol. The number of aryl methyl sites for hydroxylation is 1. The summed E-state index contributed by atoms with van der Waals surface area (Å²) in [5.41, 5.74) is 9.98. The number of nitrogens with zero attached hydrogens (tertiary/aromatic N) is 3. The Labute approximate surface area is 172 Å². The Morgan fingerprint density at radius 3 is 2.24 bits per heavy atom. The van der Waals surface area contributed by atoms with Crippen LogP contribution in [0.2, 0.25) is 0 Å². The molecule has 0 aliphatic rings. The molecule has 0 saturated heterocycles. The molecule has 3 heterocycles. The Balaban J connectivity index is 1.60. The van der Waals surface area contributed by atoms with Gasteiger partial charge in [-0.3, -0.25) is 9.97 Å². The summed E-state index contributed by atoms with van der Waals surface area (Å²) in [7, 11) is 0. The third kappa shape index (κ3) is 4.33. The van der Waals surface area contributed by atoms with E-state index in [1.165, 1.54) is 60.3 Å². The molecule has 0 spiro atoms. The smallest absolute Gasteiger partial charge is 0.113 e. The van der Waals surface area contributed by atoms with Gasteiger partial charge in [-0.25, -0.2) is 0 Å². The molecule has 29 heavy (non-hydrogen) atoms. The van der Waals surface area contributed by atoms with E-state index >= 15 is 0 Å². The predicted octanol–water partition coefficient (Wildman–Crippen LogP) is 5.94. The molecule has 4 heteroatoms. The molecule has 0 unspecified atom stereocenters. The van der Waals surface area contributed by atoms with Crippen molar-refractivity contribution < 1.29 is 0 Å². The zero-order valence-corrected chi connectivity index (χ0v) is 17.1. The van der Waals surface area contributed by atoms with Gasteiger partial charge in [0.15, 0.2) is 0 Å². The molecular weight excluding hydrogens is 356 g/mol. The van der Waals surface area contributed by atoms with Gasteiger partial charge in [0, 0.05) is 35.2 Å². The molecule has 2 N–H and O–H groups in total. The summed E-state index contributed by atoms with van der Waals surface area (Å²) in [6.45, 7) is 1.83. The van der Waals surface area contributed by atoms with E-state index in [0.717, 1.165) is 30.9 Å². The highest BCUT2D eigenvalue weighted by atomic mass is 15.0. The average Bonchev–Trinajstić information content (AvgIpc) is 3.10. The first-order valence-corrected chi connectivity index (χ1v) is 10.9. The summed E-state index contributed by atoms with van der Waals surface area (Å²) in [4.78, 5) is 9.30. The maximum atomic E-state index is 5.58. The van der Waals surface area contributed by atoms with Gasteiger partial charge in [0.25, 0.3) is 0 Å². The fourth-order valence-electron chi connectivity index (χ4n) is 4.22. The molecule has 0 radical (unpaired) electrons. The van der Waals surface area contributed by atoms with Crippen LogP contribution in [0.4, 0.5) is 0 Å². The number of fused-ring (bicyclic) bond motifs is 3. The summed E-state index contributed by atoms with van der Waals surface area (Å²) in [6, 6.07) is 16.9. The first-order chi connectivity index (χ1) is 14.4. The minimum atomic E-state index is 0.820. The van der Waals surface area contributed by atoms with E-state index in [4.69, 9.17) is 10.7 Å². The molecule has 0 saturated carbocycles. The number of aromatic nitrogens is 3. The van der Waals surface area contributed by atoms with Crippen LogP contribution in [0.1, 0.15) is 44.9 Å². The lowest BCUT2D eigenvalue weighted by Gasteiger charge is -2.10. The number of hydrogen-bond acceptors (Lipinski definition) is 3.